The minimum absolute atomic E-state index is 0.0504. The van der Waals surface area contributed by atoms with Crippen LogP contribution in [-0.2, 0) is 9.59 Å². The smallest absolute Gasteiger partial charge is 0.277 e. The number of ketones is 1. The summed E-state index contributed by atoms with van der Waals surface area (Å²) in [4.78, 5) is 39.6. The van der Waals surface area contributed by atoms with Gasteiger partial charge < -0.3 is 15.3 Å². The Morgan fingerprint density at radius 2 is 1.96 bits per heavy atom. The molecule has 0 unspecified atom stereocenters. The second kappa shape index (κ2) is 7.92. The molecule has 2 aliphatic heterocycles. The third-order valence-corrected chi connectivity index (χ3v) is 5.13. The number of imide groups is 1. The van der Waals surface area contributed by atoms with Gasteiger partial charge in [0.25, 0.3) is 11.8 Å². The highest BCUT2D eigenvalue weighted by Gasteiger charge is 2.31. The summed E-state index contributed by atoms with van der Waals surface area (Å²) in [6, 6.07) is 5.55. The largest absolute Gasteiger partial charge is 0.395 e. The van der Waals surface area contributed by atoms with Crippen LogP contribution in [0, 0.1) is 5.92 Å². The number of carbonyl (C=O) groups excluding carboxylic acids is 3. The lowest BCUT2D eigenvalue weighted by Crippen LogP contribution is -2.34. The van der Waals surface area contributed by atoms with Crippen molar-refractivity contribution in [3.05, 3.63) is 35.5 Å². The molecule has 7 heteroatoms. The van der Waals surface area contributed by atoms with E-state index in [-0.39, 0.29) is 24.6 Å². The monoisotopic (exact) mass is 371 g/mol. The first-order chi connectivity index (χ1) is 12.9. The van der Waals surface area contributed by atoms with Gasteiger partial charge in [0, 0.05) is 36.1 Å². The summed E-state index contributed by atoms with van der Waals surface area (Å²) in [5.74, 6) is -0.374. The molecule has 0 atom stereocenters. The van der Waals surface area contributed by atoms with Crippen molar-refractivity contribution in [3.8, 4) is 0 Å². The molecule has 2 aliphatic rings. The lowest BCUT2D eigenvalue weighted by atomic mass is 9.98. The number of amides is 2. The van der Waals surface area contributed by atoms with Crippen LogP contribution in [0.2, 0.25) is 0 Å². The normalized spacial score (nSPS) is 18.1. The average molecular weight is 371 g/mol. The number of benzene rings is 1. The number of nitrogens with zero attached hydrogens (tertiary/aromatic N) is 2. The molecule has 1 aromatic rings. The van der Waals surface area contributed by atoms with Gasteiger partial charge in [0.1, 0.15) is 5.70 Å². The number of piperidine rings is 1. The molecule has 2 heterocycles. The number of hydrogen-bond donors (Lipinski definition) is 2. The van der Waals surface area contributed by atoms with E-state index in [1.807, 2.05) is 12.1 Å². The van der Waals surface area contributed by atoms with Crippen LogP contribution in [-0.4, -0.2) is 53.8 Å². The van der Waals surface area contributed by atoms with Gasteiger partial charge in [-0.1, -0.05) is 6.92 Å². The van der Waals surface area contributed by atoms with E-state index in [9.17, 15) is 14.4 Å². The van der Waals surface area contributed by atoms with Crippen molar-refractivity contribution in [1.82, 2.24) is 4.90 Å². The molecule has 1 saturated heterocycles. The topological polar surface area (TPSA) is 90.0 Å². The molecule has 1 aromatic carbocycles. The first-order valence-electron chi connectivity index (χ1n) is 9.26. The Kier molecular flexibility index (Phi) is 5.60. The van der Waals surface area contributed by atoms with Gasteiger partial charge in [-0.25, -0.2) is 0 Å². The van der Waals surface area contributed by atoms with Crippen molar-refractivity contribution in [1.29, 1.82) is 0 Å². The zero-order valence-electron chi connectivity index (χ0n) is 15.7. The molecule has 2 amide bonds. The molecule has 3 rings (SSSR count). The zero-order chi connectivity index (χ0) is 19.6. The van der Waals surface area contributed by atoms with Crippen molar-refractivity contribution < 1.29 is 19.5 Å². The van der Waals surface area contributed by atoms with Crippen LogP contribution >= 0.6 is 0 Å². The van der Waals surface area contributed by atoms with Crippen LogP contribution in [0.4, 0.5) is 11.4 Å². The van der Waals surface area contributed by atoms with Crippen molar-refractivity contribution in [3.63, 3.8) is 0 Å². The maximum absolute atomic E-state index is 12.3. The number of carbonyl (C=O) groups is 3. The van der Waals surface area contributed by atoms with E-state index in [4.69, 9.17) is 5.11 Å². The summed E-state index contributed by atoms with van der Waals surface area (Å²) in [6.07, 6.45) is 3.45. The van der Waals surface area contributed by atoms with E-state index in [1.165, 1.54) is 13.0 Å². The maximum atomic E-state index is 12.3. The van der Waals surface area contributed by atoms with Gasteiger partial charge in [-0.15, -0.1) is 0 Å². The Bertz CT molecular complexity index is 794. The molecular formula is C20H25N3O4. The molecule has 1 fully saturated rings. The van der Waals surface area contributed by atoms with Crippen molar-refractivity contribution in [2.75, 3.05) is 36.5 Å². The number of β-amino-alcohol motifs (C(OH)–C–C–N with tert-alkyl or cyclic N) is 1. The van der Waals surface area contributed by atoms with Gasteiger partial charge in [-0.3, -0.25) is 19.3 Å². The number of rotatable bonds is 6. The predicted molar refractivity (Wildman–Crippen MR) is 103 cm³/mol. The highest BCUT2D eigenvalue weighted by Crippen LogP contribution is 2.29. The molecule has 0 aromatic heterocycles. The Hall–Kier alpha value is -2.67. The van der Waals surface area contributed by atoms with E-state index in [0.717, 1.165) is 36.5 Å². The van der Waals surface area contributed by atoms with Crippen LogP contribution in [0.1, 0.15) is 37.0 Å². The summed E-state index contributed by atoms with van der Waals surface area (Å²) >= 11 is 0. The van der Waals surface area contributed by atoms with Crippen LogP contribution in [0.15, 0.2) is 30.0 Å². The number of hydrogen-bond acceptors (Lipinski definition) is 6. The third-order valence-electron chi connectivity index (χ3n) is 5.13. The van der Waals surface area contributed by atoms with Crippen molar-refractivity contribution >= 4 is 29.0 Å². The summed E-state index contributed by atoms with van der Waals surface area (Å²) in [5, 5.41) is 11.9. The summed E-state index contributed by atoms with van der Waals surface area (Å²) in [7, 11) is 0. The van der Waals surface area contributed by atoms with Crippen molar-refractivity contribution in [2.24, 2.45) is 5.92 Å². The number of Topliss-reactive ketones (excluding diaryl/α,β-unsaturated/α-hetero) is 1. The van der Waals surface area contributed by atoms with E-state index in [1.54, 1.807) is 6.07 Å². The van der Waals surface area contributed by atoms with Crippen LogP contribution < -0.4 is 10.2 Å². The summed E-state index contributed by atoms with van der Waals surface area (Å²) < 4.78 is 0. The fraction of sp³-hybridized carbons (Fsp3) is 0.450. The van der Waals surface area contributed by atoms with Gasteiger partial charge in [-0.05, 0) is 43.9 Å². The quantitative estimate of drug-likeness (QED) is 0.585. The first kappa shape index (κ1) is 19.1. The molecule has 2 N–H and O–H groups in total. The summed E-state index contributed by atoms with van der Waals surface area (Å²) in [5.41, 5.74) is 2.07. The van der Waals surface area contributed by atoms with Crippen LogP contribution in [0.3, 0.4) is 0 Å². The number of anilines is 2. The van der Waals surface area contributed by atoms with Gasteiger partial charge >= 0.3 is 0 Å². The Morgan fingerprint density at radius 1 is 1.26 bits per heavy atom. The first-order valence-corrected chi connectivity index (χ1v) is 9.26. The molecule has 0 bridgehead atoms. The lowest BCUT2D eigenvalue weighted by molar-refractivity contribution is -0.137. The molecule has 0 aliphatic carbocycles. The second-order valence-corrected chi connectivity index (χ2v) is 7.16. The molecule has 27 heavy (non-hydrogen) atoms. The second-order valence-electron chi connectivity index (χ2n) is 7.16. The molecule has 0 spiro atoms. The molecule has 0 radical (unpaired) electrons. The highest BCUT2D eigenvalue weighted by molar-refractivity contribution is 6.18. The average Bonchev–Trinajstić information content (AvgIpc) is 2.90. The fourth-order valence-electron chi connectivity index (χ4n) is 3.45. The minimum atomic E-state index is -0.502. The van der Waals surface area contributed by atoms with E-state index in [0.29, 0.717) is 17.2 Å². The number of nitrogens with one attached hydrogen (secondary N) is 1. The maximum Gasteiger partial charge on any atom is 0.277 e. The Morgan fingerprint density at radius 3 is 2.59 bits per heavy atom. The van der Waals surface area contributed by atoms with Gasteiger partial charge in [0.15, 0.2) is 5.78 Å². The van der Waals surface area contributed by atoms with E-state index < -0.39 is 11.8 Å². The summed E-state index contributed by atoms with van der Waals surface area (Å²) in [6.45, 7) is 5.31. The highest BCUT2D eigenvalue weighted by atomic mass is 16.3. The standard InChI is InChI=1S/C20H25N3O4/c1-13-5-7-22(8-6-13)15-3-4-17(16(11-15)14(2)25)21-18-12-19(26)23(9-10-24)20(18)27/h3-4,11-13,21,24H,5-10H2,1-2H3. The van der Waals surface area contributed by atoms with Gasteiger partial charge in [0.2, 0.25) is 0 Å². The molecule has 144 valence electrons. The van der Waals surface area contributed by atoms with Crippen LogP contribution in [0.25, 0.3) is 0 Å². The minimum Gasteiger partial charge on any atom is -0.395 e. The van der Waals surface area contributed by atoms with Gasteiger partial charge in [0.05, 0.1) is 13.2 Å². The van der Waals surface area contributed by atoms with Gasteiger partial charge in [-0.2, -0.15) is 0 Å². The zero-order valence-corrected chi connectivity index (χ0v) is 15.7. The third kappa shape index (κ3) is 4.03. The van der Waals surface area contributed by atoms with Crippen LogP contribution in [0.5, 0.6) is 0 Å². The Labute approximate surface area is 158 Å². The molecule has 0 saturated carbocycles. The van der Waals surface area contributed by atoms with Crippen molar-refractivity contribution in [2.45, 2.75) is 26.7 Å². The SMILES string of the molecule is CC(=O)c1cc(N2CCC(C)CC2)ccc1NC1=CC(=O)N(CCO)C1=O. The number of aliphatic hydroxyl groups excluding tert-OH is 1. The lowest BCUT2D eigenvalue weighted by Gasteiger charge is -2.32. The van der Waals surface area contributed by atoms with E-state index >= 15 is 0 Å². The molecule has 7 nitrogen and oxygen atoms in total. The Balaban J connectivity index is 1.82. The predicted octanol–water partition coefficient (Wildman–Crippen LogP) is 1.78. The fourth-order valence-corrected chi connectivity index (χ4v) is 3.45. The molecular weight excluding hydrogens is 346 g/mol. The number of aliphatic hydroxyl groups is 1. The van der Waals surface area contributed by atoms with E-state index in [2.05, 4.69) is 17.1 Å².